The maximum atomic E-state index is 14.4. The van der Waals surface area contributed by atoms with Crippen molar-refractivity contribution in [1.29, 1.82) is 0 Å². The number of carbonyl (C=O) groups is 1. The maximum absolute atomic E-state index is 14.4. The van der Waals surface area contributed by atoms with Crippen LogP contribution in [0, 0.1) is 5.82 Å². The molecule has 0 bridgehead atoms. The van der Waals surface area contributed by atoms with Crippen LogP contribution in [0.15, 0.2) is 24.4 Å². The van der Waals surface area contributed by atoms with Crippen molar-refractivity contribution in [3.63, 3.8) is 0 Å². The average Bonchev–Trinajstić information content (AvgIpc) is 2.91. The Kier molecular flexibility index (Phi) is 4.29. The van der Waals surface area contributed by atoms with E-state index >= 15 is 0 Å². The highest BCUT2D eigenvalue weighted by atomic mass is 35.5. The van der Waals surface area contributed by atoms with E-state index in [0.717, 1.165) is 11.5 Å². The molecule has 0 fully saturated rings. The van der Waals surface area contributed by atoms with Crippen LogP contribution in [0.2, 0.25) is 5.02 Å². The van der Waals surface area contributed by atoms with Crippen molar-refractivity contribution >= 4 is 28.9 Å². The molecule has 0 saturated carbocycles. The summed E-state index contributed by atoms with van der Waals surface area (Å²) >= 11 is 6.95. The first-order valence-corrected chi connectivity index (χ1v) is 6.90. The largest absolute Gasteiger partial charge is 0.324 e. The molecule has 1 atom stereocenters. The van der Waals surface area contributed by atoms with Gasteiger partial charge in [0.2, 0.25) is 5.78 Å². The van der Waals surface area contributed by atoms with Crippen LogP contribution in [-0.4, -0.2) is 10.2 Å². The van der Waals surface area contributed by atoms with Gasteiger partial charge in [0.15, 0.2) is 0 Å². The van der Waals surface area contributed by atoms with Crippen LogP contribution in [0.3, 0.4) is 0 Å². The van der Waals surface area contributed by atoms with Crippen molar-refractivity contribution in [2.24, 2.45) is 5.73 Å². The predicted molar refractivity (Wildman–Crippen MR) is 74.2 cm³/mol. The number of aromatic nitrogens is 1. The molecule has 0 aliphatic heterocycles. The Morgan fingerprint density at radius 3 is 2.84 bits per heavy atom. The van der Waals surface area contributed by atoms with Gasteiger partial charge < -0.3 is 5.73 Å². The van der Waals surface area contributed by atoms with E-state index in [0.29, 0.717) is 16.9 Å². The van der Waals surface area contributed by atoms with E-state index in [4.69, 9.17) is 17.3 Å². The third kappa shape index (κ3) is 2.68. The van der Waals surface area contributed by atoms with E-state index in [1.54, 1.807) is 0 Å². The van der Waals surface area contributed by atoms with E-state index in [1.807, 2.05) is 6.92 Å². The highest BCUT2D eigenvalue weighted by molar-refractivity contribution is 7.08. The Hall–Kier alpha value is -1.30. The van der Waals surface area contributed by atoms with Gasteiger partial charge in [0, 0.05) is 17.8 Å². The molecule has 6 heteroatoms. The Balaban J connectivity index is 2.54. The van der Waals surface area contributed by atoms with Gasteiger partial charge in [0.1, 0.15) is 5.82 Å². The predicted octanol–water partition coefficient (Wildman–Crippen LogP) is 3.58. The highest BCUT2D eigenvalue weighted by Gasteiger charge is 2.23. The van der Waals surface area contributed by atoms with Gasteiger partial charge in [0.05, 0.1) is 15.5 Å². The summed E-state index contributed by atoms with van der Waals surface area (Å²) in [4.78, 5) is 12.6. The van der Waals surface area contributed by atoms with E-state index in [-0.39, 0.29) is 10.6 Å². The Bertz CT molecular complexity index is 601. The minimum Gasteiger partial charge on any atom is -0.324 e. The summed E-state index contributed by atoms with van der Waals surface area (Å²) in [6, 6.07) is 4.11. The van der Waals surface area contributed by atoms with Crippen molar-refractivity contribution in [2.75, 3.05) is 0 Å². The number of nitrogens with two attached hydrogens (primary N) is 1. The van der Waals surface area contributed by atoms with Gasteiger partial charge in [-0.25, -0.2) is 8.76 Å². The fourth-order valence-electron chi connectivity index (χ4n) is 1.74. The van der Waals surface area contributed by atoms with Crippen molar-refractivity contribution in [1.82, 2.24) is 4.37 Å². The number of hydrogen-bond donors (Lipinski definition) is 1. The fourth-order valence-corrected chi connectivity index (χ4v) is 2.51. The molecule has 0 amide bonds. The first kappa shape index (κ1) is 14.1. The molecule has 1 aromatic carbocycles. The molecule has 0 aliphatic rings. The van der Waals surface area contributed by atoms with Crippen LogP contribution in [0.25, 0.3) is 0 Å². The molecule has 100 valence electrons. The maximum Gasteiger partial charge on any atom is 0.209 e. The first-order chi connectivity index (χ1) is 9.06. The van der Waals surface area contributed by atoms with Crippen LogP contribution in [0.5, 0.6) is 0 Å². The van der Waals surface area contributed by atoms with Crippen LogP contribution in [0.4, 0.5) is 4.39 Å². The second kappa shape index (κ2) is 5.77. The molecule has 1 aromatic heterocycles. The molecule has 1 heterocycles. The molecule has 0 spiro atoms. The number of benzene rings is 1. The summed E-state index contributed by atoms with van der Waals surface area (Å²) in [5.41, 5.74) is 6.00. The lowest BCUT2D eigenvalue weighted by atomic mass is 9.99. The van der Waals surface area contributed by atoms with Gasteiger partial charge >= 0.3 is 0 Å². The molecule has 0 radical (unpaired) electrons. The third-order valence-electron chi connectivity index (χ3n) is 2.85. The minimum atomic E-state index is -0.639. The van der Waals surface area contributed by atoms with Gasteiger partial charge in [-0.1, -0.05) is 24.6 Å². The second-order valence-electron chi connectivity index (χ2n) is 4.05. The molecule has 2 aromatic rings. The molecule has 2 N–H and O–H groups in total. The zero-order valence-corrected chi connectivity index (χ0v) is 11.8. The van der Waals surface area contributed by atoms with Gasteiger partial charge in [-0.2, -0.15) is 0 Å². The number of ketones is 1. The van der Waals surface area contributed by atoms with E-state index in [2.05, 4.69) is 4.37 Å². The van der Waals surface area contributed by atoms with Crippen LogP contribution in [-0.2, 0) is 0 Å². The van der Waals surface area contributed by atoms with Gasteiger partial charge in [-0.15, -0.1) is 0 Å². The van der Waals surface area contributed by atoms with Crippen LogP contribution < -0.4 is 5.73 Å². The molecule has 0 saturated heterocycles. The topological polar surface area (TPSA) is 56.0 Å². The second-order valence-corrected chi connectivity index (χ2v) is 5.29. The van der Waals surface area contributed by atoms with Gasteiger partial charge in [-0.3, -0.25) is 4.79 Å². The van der Waals surface area contributed by atoms with Crippen molar-refractivity contribution in [3.05, 3.63) is 51.2 Å². The number of hydrogen-bond acceptors (Lipinski definition) is 4. The van der Waals surface area contributed by atoms with Crippen LogP contribution >= 0.6 is 23.1 Å². The molecule has 3 nitrogen and oxygen atoms in total. The zero-order chi connectivity index (χ0) is 14.0. The summed E-state index contributed by atoms with van der Waals surface area (Å²) in [5, 5.41) is 0.0861. The molecular formula is C13H12ClFN2OS. The first-order valence-electron chi connectivity index (χ1n) is 5.75. The van der Waals surface area contributed by atoms with Crippen molar-refractivity contribution in [3.8, 4) is 0 Å². The number of halogens is 2. The summed E-state index contributed by atoms with van der Waals surface area (Å²) < 4.78 is 18.2. The zero-order valence-electron chi connectivity index (χ0n) is 10.2. The average molecular weight is 299 g/mol. The van der Waals surface area contributed by atoms with Crippen molar-refractivity contribution < 1.29 is 9.18 Å². The lowest BCUT2D eigenvalue weighted by Crippen LogP contribution is -2.14. The lowest BCUT2D eigenvalue weighted by Gasteiger charge is -2.13. The van der Waals surface area contributed by atoms with Gasteiger partial charge in [-0.05, 0) is 30.1 Å². The lowest BCUT2D eigenvalue weighted by molar-refractivity contribution is 0.103. The summed E-state index contributed by atoms with van der Waals surface area (Å²) in [5.74, 6) is -1.10. The van der Waals surface area contributed by atoms with Gasteiger partial charge in [0.25, 0.3) is 0 Å². The molecule has 2 rings (SSSR count). The summed E-state index contributed by atoms with van der Waals surface area (Å²) in [7, 11) is 0. The fraction of sp³-hybridized carbons (Fsp3) is 0.231. The van der Waals surface area contributed by atoms with E-state index in [1.165, 1.54) is 24.4 Å². The summed E-state index contributed by atoms with van der Waals surface area (Å²) in [6.45, 7) is 1.85. The van der Waals surface area contributed by atoms with Crippen LogP contribution in [0.1, 0.15) is 40.2 Å². The van der Waals surface area contributed by atoms with Crippen molar-refractivity contribution in [2.45, 2.75) is 19.4 Å². The smallest absolute Gasteiger partial charge is 0.209 e. The number of carbonyl (C=O) groups excluding carboxylic acids is 1. The SMILES string of the molecule is CC[C@@H](N)c1ccc(Cl)c(C(=O)c2ccns2)c1F. The number of rotatable bonds is 4. The molecule has 0 unspecified atom stereocenters. The quantitative estimate of drug-likeness (QED) is 0.878. The third-order valence-corrected chi connectivity index (χ3v) is 3.91. The molecular weight excluding hydrogens is 287 g/mol. The highest BCUT2D eigenvalue weighted by Crippen LogP contribution is 2.29. The Labute approximate surface area is 119 Å². The summed E-state index contributed by atoms with van der Waals surface area (Å²) in [6.07, 6.45) is 2.07. The number of nitrogens with zero attached hydrogens (tertiary/aromatic N) is 1. The Morgan fingerprint density at radius 2 is 2.26 bits per heavy atom. The Morgan fingerprint density at radius 1 is 1.53 bits per heavy atom. The normalized spacial score (nSPS) is 12.4. The van der Waals surface area contributed by atoms with E-state index in [9.17, 15) is 9.18 Å². The molecule has 0 aliphatic carbocycles. The minimum absolute atomic E-state index is 0.0861. The standard InChI is InChI=1S/C13H12ClFN2OS/c1-2-9(16)7-3-4-8(14)11(12(7)15)13(18)10-5-6-17-19-10/h3-6,9H,2,16H2,1H3/t9-/m1/s1. The monoisotopic (exact) mass is 298 g/mol. The van der Waals surface area contributed by atoms with E-state index < -0.39 is 17.6 Å². The molecule has 19 heavy (non-hydrogen) atoms.